The van der Waals surface area contributed by atoms with Gasteiger partial charge in [-0.3, -0.25) is 4.79 Å². The number of sulfonamides is 1. The molecule has 0 aromatic heterocycles. The number of nitrogens with zero attached hydrogens (tertiary/aromatic N) is 2. The maximum atomic E-state index is 13.1. The summed E-state index contributed by atoms with van der Waals surface area (Å²) in [6.07, 6.45) is 4.49. The van der Waals surface area contributed by atoms with Crippen LogP contribution in [0.2, 0.25) is 0 Å². The number of amides is 1. The van der Waals surface area contributed by atoms with Crippen LogP contribution in [0.25, 0.3) is 0 Å². The lowest BCUT2D eigenvalue weighted by Crippen LogP contribution is -2.47. The molecule has 0 spiro atoms. The van der Waals surface area contributed by atoms with Crippen LogP contribution >= 0.6 is 0 Å². The van der Waals surface area contributed by atoms with Gasteiger partial charge < -0.3 is 9.64 Å². The van der Waals surface area contributed by atoms with Gasteiger partial charge in [0.2, 0.25) is 15.9 Å². The number of anilines is 1. The van der Waals surface area contributed by atoms with Crippen LogP contribution < -0.4 is 9.64 Å². The molecule has 7 heteroatoms. The summed E-state index contributed by atoms with van der Waals surface area (Å²) in [5.74, 6) is 0.425. The molecular weight excluding hydrogens is 328 g/mol. The van der Waals surface area contributed by atoms with Crippen LogP contribution in [-0.2, 0) is 21.2 Å². The molecule has 0 aliphatic carbocycles. The van der Waals surface area contributed by atoms with Crippen molar-refractivity contribution in [1.29, 1.82) is 0 Å². The molecule has 3 rings (SSSR count). The predicted octanol–water partition coefficient (Wildman–Crippen LogP) is 1.65. The minimum Gasteiger partial charge on any atom is -0.495 e. The number of hydrogen-bond acceptors (Lipinski definition) is 4. The van der Waals surface area contributed by atoms with Gasteiger partial charge in [0.25, 0.3) is 0 Å². The molecule has 1 atom stereocenters. The maximum absolute atomic E-state index is 13.1. The monoisotopic (exact) mass is 352 g/mol. The number of carbonyl (C=O) groups excluding carboxylic acids is 1. The third-order valence-electron chi connectivity index (χ3n) is 4.87. The Morgan fingerprint density at radius 2 is 2.04 bits per heavy atom. The van der Waals surface area contributed by atoms with Crippen LogP contribution in [0.5, 0.6) is 5.75 Å². The molecule has 0 bridgehead atoms. The first-order valence-corrected chi connectivity index (χ1v) is 10.2. The number of aryl methyl sites for hydroxylation is 1. The fraction of sp³-hybridized carbons (Fsp3) is 0.588. The number of carbonyl (C=O) groups is 1. The van der Waals surface area contributed by atoms with Gasteiger partial charge in [-0.25, -0.2) is 12.7 Å². The molecule has 1 fully saturated rings. The van der Waals surface area contributed by atoms with E-state index in [1.165, 1.54) is 10.6 Å². The fourth-order valence-corrected chi connectivity index (χ4v) is 4.58. The van der Waals surface area contributed by atoms with Crippen LogP contribution in [-0.4, -0.2) is 51.6 Å². The van der Waals surface area contributed by atoms with E-state index in [4.69, 9.17) is 4.74 Å². The van der Waals surface area contributed by atoms with E-state index in [0.717, 1.165) is 36.9 Å². The molecule has 0 N–H and O–H groups in total. The van der Waals surface area contributed by atoms with E-state index in [0.29, 0.717) is 18.8 Å². The Morgan fingerprint density at radius 1 is 1.25 bits per heavy atom. The summed E-state index contributed by atoms with van der Waals surface area (Å²) < 4.78 is 30.5. The Bertz CT molecular complexity index is 718. The Morgan fingerprint density at radius 3 is 2.75 bits per heavy atom. The van der Waals surface area contributed by atoms with Crippen LogP contribution in [0.15, 0.2) is 18.2 Å². The zero-order valence-electron chi connectivity index (χ0n) is 14.2. The zero-order valence-corrected chi connectivity index (χ0v) is 15.0. The molecule has 0 unspecified atom stereocenters. The van der Waals surface area contributed by atoms with E-state index in [1.807, 2.05) is 18.2 Å². The highest BCUT2D eigenvalue weighted by atomic mass is 32.2. The number of methoxy groups -OCH3 is 1. The lowest BCUT2D eigenvalue weighted by Gasteiger charge is -2.36. The molecule has 0 radical (unpaired) electrons. The quantitative estimate of drug-likeness (QED) is 0.829. The van der Waals surface area contributed by atoms with Crippen molar-refractivity contribution < 1.29 is 17.9 Å². The average molecular weight is 352 g/mol. The highest BCUT2D eigenvalue weighted by Gasteiger charge is 2.35. The first-order chi connectivity index (χ1) is 11.4. The molecule has 1 saturated heterocycles. The molecule has 2 aliphatic heterocycles. The van der Waals surface area contributed by atoms with Crippen LogP contribution in [0.4, 0.5) is 5.69 Å². The Kier molecular flexibility index (Phi) is 4.83. The average Bonchev–Trinajstić information content (AvgIpc) is 2.59. The molecule has 1 aromatic rings. The second-order valence-electron chi connectivity index (χ2n) is 6.52. The summed E-state index contributed by atoms with van der Waals surface area (Å²) in [6, 6.07) is 5.84. The third kappa shape index (κ3) is 3.28. The summed E-state index contributed by atoms with van der Waals surface area (Å²) >= 11 is 0. The van der Waals surface area contributed by atoms with Crippen molar-refractivity contribution in [2.75, 3.05) is 37.9 Å². The summed E-state index contributed by atoms with van der Waals surface area (Å²) in [5, 5.41) is 0. The number of benzene rings is 1. The molecule has 132 valence electrons. The minimum absolute atomic E-state index is 0.00815. The molecule has 1 aromatic carbocycles. The zero-order chi connectivity index (χ0) is 17.3. The van der Waals surface area contributed by atoms with Crippen LogP contribution in [0.1, 0.15) is 24.8 Å². The van der Waals surface area contributed by atoms with Gasteiger partial charge in [-0.15, -0.1) is 0 Å². The highest BCUT2D eigenvalue weighted by molar-refractivity contribution is 7.88. The normalized spacial score (nSPS) is 22.1. The van der Waals surface area contributed by atoms with Crippen molar-refractivity contribution in [2.45, 2.75) is 25.7 Å². The van der Waals surface area contributed by atoms with E-state index in [2.05, 4.69) is 0 Å². The van der Waals surface area contributed by atoms with Crippen LogP contribution in [0, 0.1) is 5.92 Å². The number of para-hydroxylation sites is 1. The van der Waals surface area contributed by atoms with Crippen molar-refractivity contribution in [3.63, 3.8) is 0 Å². The molecule has 6 nitrogen and oxygen atoms in total. The first kappa shape index (κ1) is 17.2. The lowest BCUT2D eigenvalue weighted by atomic mass is 9.94. The minimum atomic E-state index is -3.26. The first-order valence-electron chi connectivity index (χ1n) is 8.34. The number of piperidine rings is 1. The smallest absolute Gasteiger partial charge is 0.231 e. The molecule has 0 saturated carbocycles. The largest absolute Gasteiger partial charge is 0.495 e. The van der Waals surface area contributed by atoms with Crippen molar-refractivity contribution in [1.82, 2.24) is 4.31 Å². The standard InChI is InChI=1S/C17H24N2O4S/c1-23-15-9-3-6-13-7-5-11-19(16(13)15)17(20)14-8-4-10-18(12-14)24(2,21)22/h3,6,9,14H,4-5,7-8,10-12H2,1-2H3/t14-/m1/s1. The summed E-state index contributed by atoms with van der Waals surface area (Å²) in [5.41, 5.74) is 1.97. The van der Waals surface area contributed by atoms with Gasteiger partial charge in [-0.1, -0.05) is 12.1 Å². The van der Waals surface area contributed by atoms with Crippen LogP contribution in [0.3, 0.4) is 0 Å². The maximum Gasteiger partial charge on any atom is 0.231 e. The molecular formula is C17H24N2O4S. The number of rotatable bonds is 3. The Hall–Kier alpha value is -1.60. The van der Waals surface area contributed by atoms with Crippen molar-refractivity contribution in [3.05, 3.63) is 23.8 Å². The Balaban J connectivity index is 1.87. The predicted molar refractivity (Wildman–Crippen MR) is 92.8 cm³/mol. The van der Waals surface area contributed by atoms with Gasteiger partial charge in [0, 0.05) is 19.6 Å². The van der Waals surface area contributed by atoms with Gasteiger partial charge in [0.15, 0.2) is 0 Å². The summed E-state index contributed by atoms with van der Waals surface area (Å²) in [4.78, 5) is 14.9. The number of fused-ring (bicyclic) bond motifs is 1. The summed E-state index contributed by atoms with van der Waals surface area (Å²) in [7, 11) is -1.65. The van der Waals surface area contributed by atoms with E-state index < -0.39 is 10.0 Å². The summed E-state index contributed by atoms with van der Waals surface area (Å²) in [6.45, 7) is 1.43. The van der Waals surface area contributed by atoms with Crippen molar-refractivity contribution >= 4 is 21.6 Å². The van der Waals surface area contributed by atoms with E-state index in [-0.39, 0.29) is 18.4 Å². The van der Waals surface area contributed by atoms with Crippen molar-refractivity contribution in [2.24, 2.45) is 5.92 Å². The van der Waals surface area contributed by atoms with Gasteiger partial charge >= 0.3 is 0 Å². The van der Waals surface area contributed by atoms with Gasteiger partial charge in [0.1, 0.15) is 5.75 Å². The Labute approximate surface area is 143 Å². The van der Waals surface area contributed by atoms with Gasteiger partial charge in [-0.05, 0) is 37.3 Å². The second-order valence-corrected chi connectivity index (χ2v) is 8.50. The molecule has 1 amide bonds. The third-order valence-corrected chi connectivity index (χ3v) is 6.14. The molecule has 24 heavy (non-hydrogen) atoms. The van der Waals surface area contributed by atoms with E-state index in [9.17, 15) is 13.2 Å². The van der Waals surface area contributed by atoms with Gasteiger partial charge in [-0.2, -0.15) is 0 Å². The fourth-order valence-electron chi connectivity index (χ4n) is 3.67. The topological polar surface area (TPSA) is 66.9 Å². The van der Waals surface area contributed by atoms with E-state index in [1.54, 1.807) is 12.0 Å². The van der Waals surface area contributed by atoms with E-state index >= 15 is 0 Å². The number of ether oxygens (including phenoxy) is 1. The second kappa shape index (κ2) is 6.72. The molecule has 2 heterocycles. The highest BCUT2D eigenvalue weighted by Crippen LogP contribution is 2.37. The van der Waals surface area contributed by atoms with Gasteiger partial charge in [0.05, 0.1) is 25.0 Å². The number of hydrogen-bond donors (Lipinski definition) is 0. The molecule has 2 aliphatic rings. The van der Waals surface area contributed by atoms with Crippen molar-refractivity contribution in [3.8, 4) is 5.75 Å². The SMILES string of the molecule is COc1cccc2c1N(C(=O)[C@@H]1CCCN(S(C)(=O)=O)C1)CCC2. The lowest BCUT2D eigenvalue weighted by molar-refractivity contribution is -0.123.